The number of hydrogen-bond donors (Lipinski definition) is 0. The SMILES string of the molecule is CC(C)C1CCC(/C=C/c2ccc(Cl)cc2)=CC1=O. The van der Waals surface area contributed by atoms with Gasteiger partial charge in [0.25, 0.3) is 0 Å². The molecule has 0 aromatic heterocycles. The molecule has 0 amide bonds. The molecule has 1 unspecified atom stereocenters. The zero-order valence-electron chi connectivity index (χ0n) is 11.4. The second-order valence-corrected chi connectivity index (χ2v) is 5.83. The molecule has 0 radical (unpaired) electrons. The van der Waals surface area contributed by atoms with Gasteiger partial charge in [-0.2, -0.15) is 0 Å². The first-order valence-corrected chi connectivity index (χ1v) is 7.12. The first-order valence-electron chi connectivity index (χ1n) is 6.74. The maximum Gasteiger partial charge on any atom is 0.159 e. The quantitative estimate of drug-likeness (QED) is 0.765. The molecular weight excluding hydrogens is 256 g/mol. The molecule has 0 saturated heterocycles. The van der Waals surface area contributed by atoms with Gasteiger partial charge in [0.05, 0.1) is 0 Å². The van der Waals surface area contributed by atoms with Crippen molar-refractivity contribution in [2.24, 2.45) is 11.8 Å². The topological polar surface area (TPSA) is 17.1 Å². The lowest BCUT2D eigenvalue weighted by Gasteiger charge is -2.22. The minimum Gasteiger partial charge on any atom is -0.295 e. The van der Waals surface area contributed by atoms with Crippen LogP contribution < -0.4 is 0 Å². The van der Waals surface area contributed by atoms with Crippen LogP contribution >= 0.6 is 11.6 Å². The Kier molecular flexibility index (Phi) is 4.60. The van der Waals surface area contributed by atoms with Gasteiger partial charge in [0.1, 0.15) is 0 Å². The number of halogens is 1. The van der Waals surface area contributed by atoms with Gasteiger partial charge in [-0.15, -0.1) is 0 Å². The van der Waals surface area contributed by atoms with Crippen LogP contribution in [0.2, 0.25) is 5.02 Å². The van der Waals surface area contributed by atoms with Crippen molar-refractivity contribution in [1.29, 1.82) is 0 Å². The number of carbonyl (C=O) groups is 1. The Balaban J connectivity index is 2.06. The lowest BCUT2D eigenvalue weighted by atomic mass is 9.81. The third-order valence-electron chi connectivity index (χ3n) is 3.60. The highest BCUT2D eigenvalue weighted by Crippen LogP contribution is 2.27. The number of rotatable bonds is 3. The van der Waals surface area contributed by atoms with E-state index >= 15 is 0 Å². The molecule has 1 atom stereocenters. The van der Waals surface area contributed by atoms with Crippen molar-refractivity contribution < 1.29 is 4.79 Å². The van der Waals surface area contributed by atoms with E-state index in [0.29, 0.717) is 5.92 Å². The van der Waals surface area contributed by atoms with Crippen LogP contribution in [0.15, 0.2) is 42.0 Å². The third kappa shape index (κ3) is 3.81. The lowest BCUT2D eigenvalue weighted by molar-refractivity contribution is -0.120. The largest absolute Gasteiger partial charge is 0.295 e. The van der Waals surface area contributed by atoms with E-state index in [1.54, 1.807) is 6.08 Å². The van der Waals surface area contributed by atoms with E-state index in [4.69, 9.17) is 11.6 Å². The van der Waals surface area contributed by atoms with Crippen LogP contribution in [0.4, 0.5) is 0 Å². The third-order valence-corrected chi connectivity index (χ3v) is 3.85. The number of allylic oxidation sites excluding steroid dienone is 3. The van der Waals surface area contributed by atoms with Crippen LogP contribution in [0.5, 0.6) is 0 Å². The molecule has 0 heterocycles. The van der Waals surface area contributed by atoms with Gasteiger partial charge < -0.3 is 0 Å². The van der Waals surface area contributed by atoms with Crippen LogP contribution in [-0.4, -0.2) is 5.78 Å². The highest BCUT2D eigenvalue weighted by atomic mass is 35.5. The van der Waals surface area contributed by atoms with E-state index < -0.39 is 0 Å². The van der Waals surface area contributed by atoms with E-state index in [1.165, 1.54) is 0 Å². The second-order valence-electron chi connectivity index (χ2n) is 5.40. The first-order chi connectivity index (χ1) is 9.06. The van der Waals surface area contributed by atoms with Gasteiger partial charge in [-0.25, -0.2) is 0 Å². The highest BCUT2D eigenvalue weighted by molar-refractivity contribution is 6.30. The Morgan fingerprint density at radius 1 is 1.21 bits per heavy atom. The molecule has 1 aliphatic rings. The molecule has 1 aliphatic carbocycles. The smallest absolute Gasteiger partial charge is 0.159 e. The molecule has 2 heteroatoms. The van der Waals surface area contributed by atoms with Gasteiger partial charge in [-0.1, -0.05) is 49.7 Å². The van der Waals surface area contributed by atoms with Crippen LogP contribution in [0.25, 0.3) is 6.08 Å². The maximum atomic E-state index is 12.0. The van der Waals surface area contributed by atoms with E-state index in [-0.39, 0.29) is 11.7 Å². The summed E-state index contributed by atoms with van der Waals surface area (Å²) in [6, 6.07) is 7.69. The molecular formula is C17H19ClO. The molecule has 1 aromatic carbocycles. The van der Waals surface area contributed by atoms with Crippen LogP contribution in [0, 0.1) is 11.8 Å². The van der Waals surface area contributed by atoms with Crippen molar-refractivity contribution in [1.82, 2.24) is 0 Å². The zero-order valence-corrected chi connectivity index (χ0v) is 12.2. The fourth-order valence-corrected chi connectivity index (χ4v) is 2.52. The van der Waals surface area contributed by atoms with Crippen molar-refractivity contribution in [3.8, 4) is 0 Å². The van der Waals surface area contributed by atoms with Crippen molar-refractivity contribution in [2.45, 2.75) is 26.7 Å². The van der Waals surface area contributed by atoms with Crippen molar-refractivity contribution in [3.05, 3.63) is 52.6 Å². The Labute approximate surface area is 120 Å². The van der Waals surface area contributed by atoms with Gasteiger partial charge in [0.15, 0.2) is 5.78 Å². The molecule has 0 N–H and O–H groups in total. The van der Waals surface area contributed by atoms with E-state index in [1.807, 2.05) is 36.4 Å². The number of benzene rings is 1. The molecule has 0 spiro atoms. The Hall–Kier alpha value is -1.34. The minimum atomic E-state index is 0.202. The Morgan fingerprint density at radius 3 is 2.47 bits per heavy atom. The summed E-state index contributed by atoms with van der Waals surface area (Å²) in [5.41, 5.74) is 2.22. The number of hydrogen-bond acceptors (Lipinski definition) is 1. The summed E-state index contributed by atoms with van der Waals surface area (Å²) in [4.78, 5) is 12.0. The zero-order chi connectivity index (χ0) is 13.8. The van der Waals surface area contributed by atoms with Crippen molar-refractivity contribution >= 4 is 23.5 Å². The number of carbonyl (C=O) groups excluding carboxylic acids is 1. The monoisotopic (exact) mass is 274 g/mol. The summed E-state index contributed by atoms with van der Waals surface area (Å²) in [6.45, 7) is 4.23. The average Bonchev–Trinajstić information content (AvgIpc) is 2.37. The summed E-state index contributed by atoms with van der Waals surface area (Å²) >= 11 is 5.85. The molecule has 1 nitrogen and oxygen atoms in total. The van der Waals surface area contributed by atoms with Crippen molar-refractivity contribution in [2.75, 3.05) is 0 Å². The van der Waals surface area contributed by atoms with Crippen molar-refractivity contribution in [3.63, 3.8) is 0 Å². The van der Waals surface area contributed by atoms with Gasteiger partial charge in [-0.05, 0) is 48.1 Å². The molecule has 19 heavy (non-hydrogen) atoms. The normalized spacial score (nSPS) is 20.1. The summed E-state index contributed by atoms with van der Waals surface area (Å²) < 4.78 is 0. The standard InChI is InChI=1S/C17H19ClO/c1-12(2)16-10-7-14(11-17(16)19)4-3-13-5-8-15(18)9-6-13/h3-6,8-9,11-12,16H,7,10H2,1-2H3/b4-3+. The summed E-state index contributed by atoms with van der Waals surface area (Å²) in [5.74, 6) is 0.912. The summed E-state index contributed by atoms with van der Waals surface area (Å²) in [6.07, 6.45) is 7.83. The van der Waals surface area contributed by atoms with Crippen LogP contribution in [0.1, 0.15) is 32.3 Å². The summed E-state index contributed by atoms with van der Waals surface area (Å²) in [7, 11) is 0. The van der Waals surface area contributed by atoms with Gasteiger partial charge in [0, 0.05) is 10.9 Å². The predicted octanol–water partition coefficient (Wildman–Crippen LogP) is 4.91. The Bertz CT molecular complexity index is 509. The molecule has 2 rings (SSSR count). The van der Waals surface area contributed by atoms with Gasteiger partial charge in [0.2, 0.25) is 0 Å². The fraction of sp³-hybridized carbons (Fsp3) is 0.353. The predicted molar refractivity (Wildman–Crippen MR) is 81.1 cm³/mol. The fourth-order valence-electron chi connectivity index (χ4n) is 2.40. The lowest BCUT2D eigenvalue weighted by Crippen LogP contribution is -2.22. The molecule has 0 bridgehead atoms. The average molecular weight is 275 g/mol. The first kappa shape index (κ1) is 14.1. The van der Waals surface area contributed by atoms with Crippen LogP contribution in [-0.2, 0) is 4.79 Å². The van der Waals surface area contributed by atoms with E-state index in [0.717, 1.165) is 29.0 Å². The highest BCUT2D eigenvalue weighted by Gasteiger charge is 2.23. The molecule has 100 valence electrons. The van der Waals surface area contributed by atoms with Gasteiger partial charge in [-0.3, -0.25) is 4.79 Å². The molecule has 0 saturated carbocycles. The molecule has 1 aromatic rings. The van der Waals surface area contributed by atoms with E-state index in [9.17, 15) is 4.79 Å². The Morgan fingerprint density at radius 2 is 1.89 bits per heavy atom. The molecule has 0 aliphatic heterocycles. The number of ketones is 1. The minimum absolute atomic E-state index is 0.202. The molecule has 0 fully saturated rings. The van der Waals surface area contributed by atoms with Gasteiger partial charge >= 0.3 is 0 Å². The van der Waals surface area contributed by atoms with Crippen LogP contribution in [0.3, 0.4) is 0 Å². The second kappa shape index (κ2) is 6.21. The van der Waals surface area contributed by atoms with E-state index in [2.05, 4.69) is 13.8 Å². The maximum absolute atomic E-state index is 12.0. The summed E-state index contributed by atoms with van der Waals surface area (Å²) in [5, 5.41) is 0.740.